The second kappa shape index (κ2) is 8.38. The van der Waals surface area contributed by atoms with Gasteiger partial charge in [-0.15, -0.1) is 0 Å². The van der Waals surface area contributed by atoms with Crippen LogP contribution in [0.1, 0.15) is 46.1 Å². The molecule has 0 radical (unpaired) electrons. The number of benzene rings is 1. The summed E-state index contributed by atoms with van der Waals surface area (Å²) in [6.45, 7) is 8.20. The Morgan fingerprint density at radius 3 is 2.69 bits per heavy atom. The fourth-order valence-electron chi connectivity index (χ4n) is 2.81. The number of amides is 2. The van der Waals surface area contributed by atoms with Gasteiger partial charge in [0.15, 0.2) is 11.6 Å². The van der Waals surface area contributed by atoms with Crippen LogP contribution in [0, 0.1) is 5.82 Å². The Kier molecular flexibility index (Phi) is 6.45. The van der Waals surface area contributed by atoms with E-state index in [-0.39, 0.29) is 18.2 Å². The van der Waals surface area contributed by atoms with E-state index in [0.29, 0.717) is 25.1 Å². The molecule has 1 aliphatic rings. The van der Waals surface area contributed by atoms with Gasteiger partial charge in [0.1, 0.15) is 11.6 Å². The van der Waals surface area contributed by atoms with Crippen molar-refractivity contribution in [3.05, 3.63) is 29.6 Å². The molecule has 1 aliphatic heterocycles. The summed E-state index contributed by atoms with van der Waals surface area (Å²) in [5.74, 6) is -0.535. The van der Waals surface area contributed by atoms with E-state index < -0.39 is 23.6 Å². The standard InChI is InChI=1S/C19H27FN2O4/c1-5-25-16-9-8-13(11-14(16)20)12-21-17(23)15-7-6-10-22(15)18(24)26-19(2,3)4/h8-9,11,15H,5-7,10,12H2,1-4H3,(H,21,23). The molecule has 144 valence electrons. The van der Waals surface area contributed by atoms with Crippen molar-refractivity contribution in [3.63, 3.8) is 0 Å². The highest BCUT2D eigenvalue weighted by molar-refractivity contribution is 5.86. The summed E-state index contributed by atoms with van der Waals surface area (Å²) < 4.78 is 24.4. The van der Waals surface area contributed by atoms with Gasteiger partial charge in [-0.3, -0.25) is 9.69 Å². The first-order chi connectivity index (χ1) is 12.2. The average Bonchev–Trinajstić information content (AvgIpc) is 3.03. The summed E-state index contributed by atoms with van der Waals surface area (Å²) in [7, 11) is 0. The highest BCUT2D eigenvalue weighted by Crippen LogP contribution is 2.22. The predicted molar refractivity (Wildman–Crippen MR) is 95.4 cm³/mol. The average molecular weight is 366 g/mol. The number of carbonyl (C=O) groups is 2. The maximum absolute atomic E-state index is 13.9. The Morgan fingerprint density at radius 1 is 1.35 bits per heavy atom. The summed E-state index contributed by atoms with van der Waals surface area (Å²) >= 11 is 0. The summed E-state index contributed by atoms with van der Waals surface area (Å²) in [4.78, 5) is 26.2. The molecule has 1 N–H and O–H groups in total. The van der Waals surface area contributed by atoms with Gasteiger partial charge in [-0.2, -0.15) is 0 Å². The number of carbonyl (C=O) groups excluding carboxylic acids is 2. The maximum Gasteiger partial charge on any atom is 0.410 e. The summed E-state index contributed by atoms with van der Waals surface area (Å²) in [5, 5.41) is 2.77. The number of halogens is 1. The number of ether oxygens (including phenoxy) is 2. The van der Waals surface area contributed by atoms with E-state index in [1.165, 1.54) is 11.0 Å². The number of nitrogens with zero attached hydrogens (tertiary/aromatic N) is 1. The Balaban J connectivity index is 1.94. The minimum atomic E-state index is -0.611. The first-order valence-electron chi connectivity index (χ1n) is 8.90. The zero-order valence-corrected chi connectivity index (χ0v) is 15.8. The smallest absolute Gasteiger partial charge is 0.410 e. The first-order valence-corrected chi connectivity index (χ1v) is 8.90. The minimum absolute atomic E-state index is 0.181. The molecular formula is C19H27FN2O4. The number of rotatable bonds is 5. The van der Waals surface area contributed by atoms with Crippen molar-refractivity contribution in [1.82, 2.24) is 10.2 Å². The summed E-state index contributed by atoms with van der Waals surface area (Å²) in [5.41, 5.74) is 0.0155. The second-order valence-corrected chi connectivity index (χ2v) is 7.25. The van der Waals surface area contributed by atoms with E-state index in [9.17, 15) is 14.0 Å². The molecule has 0 saturated carbocycles. The molecule has 0 bridgehead atoms. The molecule has 1 fully saturated rings. The molecule has 1 aromatic rings. The largest absolute Gasteiger partial charge is 0.491 e. The first kappa shape index (κ1) is 20.0. The van der Waals surface area contributed by atoms with Gasteiger partial charge in [-0.05, 0) is 58.2 Å². The Hall–Kier alpha value is -2.31. The van der Waals surface area contributed by atoms with E-state index in [2.05, 4.69) is 5.32 Å². The molecule has 7 heteroatoms. The van der Waals surface area contributed by atoms with Crippen molar-refractivity contribution in [3.8, 4) is 5.75 Å². The molecule has 26 heavy (non-hydrogen) atoms. The third-order valence-corrected chi connectivity index (χ3v) is 3.95. The van der Waals surface area contributed by atoms with Crippen molar-refractivity contribution in [2.45, 2.75) is 58.7 Å². The van der Waals surface area contributed by atoms with E-state index in [4.69, 9.17) is 9.47 Å². The van der Waals surface area contributed by atoms with Crippen LogP contribution >= 0.6 is 0 Å². The molecule has 1 heterocycles. The highest BCUT2D eigenvalue weighted by Gasteiger charge is 2.36. The molecule has 0 aliphatic carbocycles. The molecule has 2 rings (SSSR count). The van der Waals surface area contributed by atoms with E-state index >= 15 is 0 Å². The lowest BCUT2D eigenvalue weighted by Crippen LogP contribution is -2.47. The van der Waals surface area contributed by atoms with Crippen molar-refractivity contribution in [1.29, 1.82) is 0 Å². The van der Waals surface area contributed by atoms with Crippen LogP contribution in [0.25, 0.3) is 0 Å². The number of nitrogens with one attached hydrogen (secondary N) is 1. The van der Waals surface area contributed by atoms with Gasteiger partial charge >= 0.3 is 6.09 Å². The fraction of sp³-hybridized carbons (Fsp3) is 0.579. The molecule has 1 unspecified atom stereocenters. The van der Waals surface area contributed by atoms with Crippen LogP contribution in [-0.4, -0.2) is 41.7 Å². The number of likely N-dealkylation sites (tertiary alicyclic amines) is 1. The van der Waals surface area contributed by atoms with Crippen molar-refractivity contribution >= 4 is 12.0 Å². The zero-order chi connectivity index (χ0) is 19.3. The molecule has 2 amide bonds. The van der Waals surface area contributed by atoms with Crippen LogP contribution in [0.2, 0.25) is 0 Å². The van der Waals surface area contributed by atoms with Gasteiger partial charge in [0, 0.05) is 13.1 Å². The van der Waals surface area contributed by atoms with Gasteiger partial charge in [0.05, 0.1) is 6.61 Å². The van der Waals surface area contributed by atoms with Crippen molar-refractivity contribution in [2.75, 3.05) is 13.2 Å². The SMILES string of the molecule is CCOc1ccc(CNC(=O)C2CCCN2C(=O)OC(C)(C)C)cc1F. The van der Waals surface area contributed by atoms with Crippen molar-refractivity contribution in [2.24, 2.45) is 0 Å². The van der Waals surface area contributed by atoms with Gasteiger partial charge in [0.25, 0.3) is 0 Å². The minimum Gasteiger partial charge on any atom is -0.491 e. The Labute approximate surface area is 153 Å². The topological polar surface area (TPSA) is 67.9 Å². The van der Waals surface area contributed by atoms with E-state index in [0.717, 1.165) is 6.42 Å². The normalized spacial score (nSPS) is 17.1. The van der Waals surface area contributed by atoms with Crippen LogP contribution in [0.4, 0.5) is 9.18 Å². The summed E-state index contributed by atoms with van der Waals surface area (Å²) in [6, 6.07) is 4.03. The fourth-order valence-corrected chi connectivity index (χ4v) is 2.81. The Morgan fingerprint density at radius 2 is 2.08 bits per heavy atom. The predicted octanol–water partition coefficient (Wildman–Crippen LogP) is 3.24. The molecular weight excluding hydrogens is 339 g/mol. The third-order valence-electron chi connectivity index (χ3n) is 3.95. The van der Waals surface area contributed by atoms with E-state index in [1.807, 2.05) is 0 Å². The van der Waals surface area contributed by atoms with Crippen LogP contribution in [0.5, 0.6) is 5.75 Å². The van der Waals surface area contributed by atoms with Gasteiger partial charge < -0.3 is 14.8 Å². The monoisotopic (exact) mass is 366 g/mol. The van der Waals surface area contributed by atoms with E-state index in [1.54, 1.807) is 39.8 Å². The Bertz CT molecular complexity index is 657. The molecule has 1 atom stereocenters. The number of hydrogen-bond acceptors (Lipinski definition) is 4. The molecule has 1 saturated heterocycles. The lowest BCUT2D eigenvalue weighted by molar-refractivity contribution is -0.125. The zero-order valence-electron chi connectivity index (χ0n) is 15.8. The highest BCUT2D eigenvalue weighted by atomic mass is 19.1. The third kappa shape index (κ3) is 5.34. The second-order valence-electron chi connectivity index (χ2n) is 7.25. The molecule has 0 spiro atoms. The van der Waals surface area contributed by atoms with Crippen molar-refractivity contribution < 1.29 is 23.5 Å². The lowest BCUT2D eigenvalue weighted by Gasteiger charge is -2.28. The molecule has 1 aromatic carbocycles. The number of hydrogen-bond donors (Lipinski definition) is 1. The lowest BCUT2D eigenvalue weighted by atomic mass is 10.1. The van der Waals surface area contributed by atoms with Crippen LogP contribution in [0.15, 0.2) is 18.2 Å². The van der Waals surface area contributed by atoms with Crippen LogP contribution in [-0.2, 0) is 16.1 Å². The molecule has 0 aromatic heterocycles. The van der Waals surface area contributed by atoms with Gasteiger partial charge in [0.2, 0.25) is 5.91 Å². The van der Waals surface area contributed by atoms with Crippen LogP contribution in [0.3, 0.4) is 0 Å². The quantitative estimate of drug-likeness (QED) is 0.869. The summed E-state index contributed by atoms with van der Waals surface area (Å²) in [6.07, 6.45) is 0.847. The van der Waals surface area contributed by atoms with Gasteiger partial charge in [-0.1, -0.05) is 6.07 Å². The van der Waals surface area contributed by atoms with Crippen LogP contribution < -0.4 is 10.1 Å². The van der Waals surface area contributed by atoms with Gasteiger partial charge in [-0.25, -0.2) is 9.18 Å². The molecule has 6 nitrogen and oxygen atoms in total. The maximum atomic E-state index is 13.9.